The van der Waals surface area contributed by atoms with Gasteiger partial charge in [-0.25, -0.2) is 0 Å². The molecule has 1 aliphatic rings. The fourth-order valence-electron chi connectivity index (χ4n) is 1.83. The first-order chi connectivity index (χ1) is 7.33. The van der Waals surface area contributed by atoms with E-state index in [0.717, 1.165) is 24.7 Å². The molecule has 2 rings (SSSR count). The SMILES string of the molecule is O=C(c1cnns1)N1CCCCC1CBr. The van der Waals surface area contributed by atoms with Crippen molar-refractivity contribution in [1.29, 1.82) is 0 Å². The van der Waals surface area contributed by atoms with Gasteiger partial charge in [0.25, 0.3) is 5.91 Å². The number of carbonyl (C=O) groups is 1. The number of hydrogen-bond acceptors (Lipinski definition) is 4. The van der Waals surface area contributed by atoms with Crippen LogP contribution in [0.15, 0.2) is 6.20 Å². The van der Waals surface area contributed by atoms with Crippen LogP contribution in [-0.4, -0.2) is 38.3 Å². The number of hydrogen-bond donors (Lipinski definition) is 0. The zero-order valence-electron chi connectivity index (χ0n) is 8.23. The van der Waals surface area contributed by atoms with Gasteiger partial charge in [0.1, 0.15) is 4.88 Å². The third-order valence-electron chi connectivity index (χ3n) is 2.64. The summed E-state index contributed by atoms with van der Waals surface area (Å²) in [6, 6.07) is 0.327. The van der Waals surface area contributed by atoms with E-state index in [1.54, 1.807) is 6.20 Å². The van der Waals surface area contributed by atoms with E-state index in [0.29, 0.717) is 10.9 Å². The van der Waals surface area contributed by atoms with Crippen LogP contribution in [0.25, 0.3) is 0 Å². The number of nitrogens with zero attached hydrogens (tertiary/aromatic N) is 3. The van der Waals surface area contributed by atoms with E-state index >= 15 is 0 Å². The molecule has 1 aromatic heterocycles. The van der Waals surface area contributed by atoms with Gasteiger partial charge in [0, 0.05) is 17.9 Å². The Labute approximate surface area is 101 Å². The van der Waals surface area contributed by atoms with E-state index in [1.165, 1.54) is 18.0 Å². The van der Waals surface area contributed by atoms with E-state index in [9.17, 15) is 4.79 Å². The highest BCUT2D eigenvalue weighted by Crippen LogP contribution is 2.21. The maximum Gasteiger partial charge on any atom is 0.267 e. The molecule has 1 aromatic rings. The molecule has 6 heteroatoms. The van der Waals surface area contributed by atoms with Crippen molar-refractivity contribution in [2.45, 2.75) is 25.3 Å². The predicted octanol–water partition coefficient (Wildman–Crippen LogP) is 1.93. The average molecular weight is 290 g/mol. The Bertz CT molecular complexity index is 330. The van der Waals surface area contributed by atoms with Gasteiger partial charge in [-0.1, -0.05) is 20.4 Å². The highest BCUT2D eigenvalue weighted by Gasteiger charge is 2.27. The Kier molecular flexibility index (Phi) is 3.69. The summed E-state index contributed by atoms with van der Waals surface area (Å²) in [6.45, 7) is 0.854. The number of halogens is 1. The molecule has 1 saturated heterocycles. The maximum absolute atomic E-state index is 12.1. The van der Waals surface area contributed by atoms with Gasteiger partial charge in [-0.15, -0.1) is 5.10 Å². The molecule has 1 fully saturated rings. The van der Waals surface area contributed by atoms with E-state index < -0.39 is 0 Å². The Morgan fingerprint density at radius 1 is 1.67 bits per heavy atom. The summed E-state index contributed by atoms with van der Waals surface area (Å²) in [4.78, 5) is 14.6. The molecular formula is C9H12BrN3OS. The van der Waals surface area contributed by atoms with E-state index in [-0.39, 0.29) is 5.91 Å². The fourth-order valence-corrected chi connectivity index (χ4v) is 2.98. The number of carbonyl (C=O) groups excluding carboxylic acids is 1. The molecule has 0 saturated carbocycles. The van der Waals surface area contributed by atoms with Gasteiger partial charge < -0.3 is 4.90 Å². The molecule has 0 bridgehead atoms. The second kappa shape index (κ2) is 5.03. The largest absolute Gasteiger partial charge is 0.334 e. The summed E-state index contributed by atoms with van der Waals surface area (Å²) in [6.07, 6.45) is 4.94. The zero-order chi connectivity index (χ0) is 10.7. The summed E-state index contributed by atoms with van der Waals surface area (Å²) in [5, 5.41) is 4.55. The lowest BCUT2D eigenvalue weighted by Crippen LogP contribution is -2.44. The number of rotatable bonds is 2. The van der Waals surface area contributed by atoms with Crippen LogP contribution in [0.3, 0.4) is 0 Å². The molecule has 2 heterocycles. The normalized spacial score (nSPS) is 21.7. The van der Waals surface area contributed by atoms with Crippen LogP contribution < -0.4 is 0 Å². The zero-order valence-corrected chi connectivity index (χ0v) is 10.6. The van der Waals surface area contributed by atoms with Gasteiger partial charge in [-0.05, 0) is 30.8 Å². The van der Waals surface area contributed by atoms with Crippen molar-refractivity contribution in [1.82, 2.24) is 14.5 Å². The van der Waals surface area contributed by atoms with Gasteiger partial charge in [0.15, 0.2) is 0 Å². The van der Waals surface area contributed by atoms with Crippen LogP contribution in [-0.2, 0) is 0 Å². The number of aromatic nitrogens is 2. The van der Waals surface area contributed by atoms with E-state index in [4.69, 9.17) is 0 Å². The monoisotopic (exact) mass is 289 g/mol. The van der Waals surface area contributed by atoms with Crippen molar-refractivity contribution < 1.29 is 4.79 Å². The minimum Gasteiger partial charge on any atom is -0.334 e. The Morgan fingerprint density at radius 2 is 2.53 bits per heavy atom. The third-order valence-corrected chi connectivity index (χ3v) is 4.04. The quantitative estimate of drug-likeness (QED) is 0.782. The lowest BCUT2D eigenvalue weighted by Gasteiger charge is -2.34. The predicted molar refractivity (Wildman–Crippen MR) is 62.4 cm³/mol. The third kappa shape index (κ3) is 2.36. The van der Waals surface area contributed by atoms with E-state index in [1.807, 2.05) is 4.90 Å². The van der Waals surface area contributed by atoms with Crippen LogP contribution in [0.1, 0.15) is 28.9 Å². The van der Waals surface area contributed by atoms with Crippen LogP contribution in [0, 0.1) is 0 Å². The van der Waals surface area contributed by atoms with Gasteiger partial charge in [-0.2, -0.15) is 0 Å². The topological polar surface area (TPSA) is 46.1 Å². The molecule has 1 atom stereocenters. The van der Waals surface area contributed by atoms with Gasteiger partial charge in [0.2, 0.25) is 0 Å². The minimum absolute atomic E-state index is 0.0779. The standard InChI is InChI=1S/C9H12BrN3OS/c10-5-7-3-1-2-4-13(7)9(14)8-6-11-12-15-8/h6-7H,1-5H2. The first-order valence-electron chi connectivity index (χ1n) is 4.97. The van der Waals surface area contributed by atoms with Crippen molar-refractivity contribution in [2.24, 2.45) is 0 Å². The highest BCUT2D eigenvalue weighted by atomic mass is 79.9. The average Bonchev–Trinajstić information content (AvgIpc) is 2.81. The van der Waals surface area contributed by atoms with Crippen LogP contribution in [0.4, 0.5) is 0 Å². The van der Waals surface area contributed by atoms with Crippen molar-refractivity contribution in [2.75, 3.05) is 11.9 Å². The second-order valence-corrected chi connectivity index (χ2v) is 5.02. The van der Waals surface area contributed by atoms with E-state index in [2.05, 4.69) is 25.5 Å². The summed E-state index contributed by atoms with van der Waals surface area (Å²) < 4.78 is 3.72. The molecule has 4 nitrogen and oxygen atoms in total. The molecule has 0 radical (unpaired) electrons. The molecule has 0 aliphatic carbocycles. The molecule has 15 heavy (non-hydrogen) atoms. The van der Waals surface area contributed by atoms with Crippen LogP contribution in [0.5, 0.6) is 0 Å². The molecule has 0 N–H and O–H groups in total. The summed E-state index contributed by atoms with van der Waals surface area (Å²) in [5.41, 5.74) is 0. The van der Waals surface area contributed by atoms with Crippen molar-refractivity contribution in [3.63, 3.8) is 0 Å². The Hall–Kier alpha value is -0.490. The van der Waals surface area contributed by atoms with Crippen molar-refractivity contribution in [3.05, 3.63) is 11.1 Å². The lowest BCUT2D eigenvalue weighted by atomic mass is 10.0. The number of amides is 1. The minimum atomic E-state index is 0.0779. The number of alkyl halides is 1. The summed E-state index contributed by atoms with van der Waals surface area (Å²) in [5.74, 6) is 0.0779. The number of likely N-dealkylation sites (tertiary alicyclic amines) is 1. The smallest absolute Gasteiger partial charge is 0.267 e. The molecule has 1 unspecified atom stereocenters. The first kappa shape index (κ1) is 11.0. The highest BCUT2D eigenvalue weighted by molar-refractivity contribution is 9.09. The molecule has 82 valence electrons. The summed E-state index contributed by atoms with van der Waals surface area (Å²) in [7, 11) is 0. The van der Waals surface area contributed by atoms with Crippen molar-refractivity contribution >= 4 is 33.4 Å². The van der Waals surface area contributed by atoms with Gasteiger partial charge >= 0.3 is 0 Å². The molecule has 1 amide bonds. The van der Waals surface area contributed by atoms with Crippen molar-refractivity contribution in [3.8, 4) is 0 Å². The molecular weight excluding hydrogens is 278 g/mol. The Morgan fingerprint density at radius 3 is 3.20 bits per heavy atom. The first-order valence-corrected chi connectivity index (χ1v) is 6.86. The van der Waals surface area contributed by atoms with Crippen LogP contribution >= 0.6 is 27.5 Å². The van der Waals surface area contributed by atoms with Gasteiger partial charge in [-0.3, -0.25) is 4.79 Å². The second-order valence-electron chi connectivity index (χ2n) is 3.58. The molecule has 0 aromatic carbocycles. The van der Waals surface area contributed by atoms with Gasteiger partial charge in [0.05, 0.1) is 6.20 Å². The summed E-state index contributed by atoms with van der Waals surface area (Å²) >= 11 is 4.63. The number of piperidine rings is 1. The lowest BCUT2D eigenvalue weighted by molar-refractivity contribution is 0.0646. The molecule has 1 aliphatic heterocycles. The fraction of sp³-hybridized carbons (Fsp3) is 0.667. The maximum atomic E-state index is 12.1. The van der Waals surface area contributed by atoms with Crippen LogP contribution in [0.2, 0.25) is 0 Å². The Balaban J connectivity index is 2.11. The molecule has 0 spiro atoms.